The molecule has 0 fully saturated rings. The summed E-state index contributed by atoms with van der Waals surface area (Å²) >= 11 is 2.23. The lowest BCUT2D eigenvalue weighted by atomic mass is 10.7. The van der Waals surface area contributed by atoms with Crippen LogP contribution in [-0.4, -0.2) is 43.9 Å². The zero-order valence-corrected chi connectivity index (χ0v) is 9.20. The van der Waals surface area contributed by atoms with Gasteiger partial charge in [0.05, 0.1) is 26.9 Å². The molecule has 12 heavy (non-hydrogen) atoms. The van der Waals surface area contributed by atoms with Crippen molar-refractivity contribution in [1.82, 2.24) is 0 Å². The normalized spacial score (nSPS) is 9.83. The van der Waals surface area contributed by atoms with Gasteiger partial charge < -0.3 is 14.2 Å². The number of alkyl halides is 1. The van der Waals surface area contributed by atoms with Crippen molar-refractivity contribution in [3.05, 3.63) is 0 Å². The third-order valence-electron chi connectivity index (χ3n) is 1.04. The van der Waals surface area contributed by atoms with Gasteiger partial charge in [0.15, 0.2) is 0 Å². The van der Waals surface area contributed by atoms with Gasteiger partial charge in [-0.2, -0.15) is 0 Å². The summed E-state index contributed by atoms with van der Waals surface area (Å²) in [6.07, 6.45) is 0. The van der Waals surface area contributed by atoms with Crippen molar-refractivity contribution in [1.29, 1.82) is 0 Å². The van der Waals surface area contributed by atoms with E-state index >= 15 is 0 Å². The minimum absolute atomic E-state index is 0.00406. The Hall–Kier alpha value is 0.120. The smallest absolute Gasteiger partial charge is 0.331 e. The van der Waals surface area contributed by atoms with Gasteiger partial charge in [0.1, 0.15) is 6.61 Å². The molecule has 0 amide bonds. The second-order valence-electron chi connectivity index (χ2n) is 1.93. The van der Waals surface area contributed by atoms with Crippen LogP contribution in [0, 0.1) is 0 Å². The molecule has 0 spiro atoms. The number of ether oxygens (including phenoxy) is 3. The van der Waals surface area contributed by atoms with Crippen molar-refractivity contribution in [2.75, 3.05) is 38.0 Å². The summed E-state index contributed by atoms with van der Waals surface area (Å²) in [5.41, 5.74) is 0. The van der Waals surface area contributed by atoms with Crippen LogP contribution in [0.1, 0.15) is 0 Å². The van der Waals surface area contributed by atoms with Crippen LogP contribution in [-0.2, 0) is 19.0 Å². The molecule has 0 aliphatic rings. The Morgan fingerprint density at radius 2 is 1.92 bits per heavy atom. The molecule has 0 saturated heterocycles. The van der Waals surface area contributed by atoms with Crippen molar-refractivity contribution in [2.24, 2.45) is 0 Å². The summed E-state index contributed by atoms with van der Waals surface area (Å²) in [7, 11) is 1.33. The third kappa shape index (κ3) is 8.22. The summed E-state index contributed by atoms with van der Waals surface area (Å²) in [4.78, 5) is 10.5. The van der Waals surface area contributed by atoms with Crippen molar-refractivity contribution in [3.63, 3.8) is 0 Å². The second-order valence-corrected chi connectivity index (χ2v) is 3.01. The first kappa shape index (κ1) is 12.1. The zero-order chi connectivity index (χ0) is 9.23. The van der Waals surface area contributed by atoms with Crippen LogP contribution in [0.25, 0.3) is 0 Å². The summed E-state index contributed by atoms with van der Waals surface area (Å²) in [6.45, 7) is 1.69. The molecule has 0 unspecified atom stereocenters. The molecule has 0 aromatic carbocycles. The molecule has 0 rings (SSSR count). The number of hydrogen-bond acceptors (Lipinski definition) is 4. The molecule has 0 radical (unpaired) electrons. The standard InChI is InChI=1S/C7H13IO4/c1-10-7(9)6-12-5-4-11-3-2-8/h2-6H2,1H3. The minimum Gasteiger partial charge on any atom is -0.467 e. The van der Waals surface area contributed by atoms with Gasteiger partial charge in [0.25, 0.3) is 0 Å². The number of halogens is 1. The first-order valence-electron chi connectivity index (χ1n) is 3.59. The van der Waals surface area contributed by atoms with Crippen molar-refractivity contribution in [3.8, 4) is 0 Å². The van der Waals surface area contributed by atoms with Gasteiger partial charge in [-0.1, -0.05) is 22.6 Å². The number of hydrogen-bond donors (Lipinski definition) is 0. The van der Waals surface area contributed by atoms with Crippen molar-refractivity contribution >= 4 is 28.6 Å². The fraction of sp³-hybridized carbons (Fsp3) is 0.857. The maximum atomic E-state index is 10.5. The Kier molecular flexibility index (Phi) is 9.30. The molecule has 72 valence electrons. The van der Waals surface area contributed by atoms with Gasteiger partial charge in [-0.05, 0) is 0 Å². The number of rotatable bonds is 7. The van der Waals surface area contributed by atoms with Gasteiger partial charge in [-0.3, -0.25) is 0 Å². The highest BCUT2D eigenvalue weighted by Gasteiger charge is 1.98. The molecule has 0 heterocycles. The molecular formula is C7H13IO4. The Balaban J connectivity index is 2.95. The summed E-state index contributed by atoms with van der Waals surface area (Å²) in [5.74, 6) is -0.358. The summed E-state index contributed by atoms with van der Waals surface area (Å²) < 4.78 is 15.4. The highest BCUT2D eigenvalue weighted by atomic mass is 127. The third-order valence-corrected chi connectivity index (χ3v) is 1.48. The van der Waals surface area contributed by atoms with Gasteiger partial charge >= 0.3 is 5.97 Å². The number of carbonyl (C=O) groups excluding carboxylic acids is 1. The van der Waals surface area contributed by atoms with Crippen LogP contribution in [0.5, 0.6) is 0 Å². The van der Waals surface area contributed by atoms with E-state index in [1.807, 2.05) is 0 Å². The first-order valence-corrected chi connectivity index (χ1v) is 5.12. The number of methoxy groups -OCH3 is 1. The molecule has 0 atom stereocenters. The first-order chi connectivity index (χ1) is 5.81. The molecule has 0 bridgehead atoms. The van der Waals surface area contributed by atoms with E-state index in [2.05, 4.69) is 27.3 Å². The van der Waals surface area contributed by atoms with E-state index < -0.39 is 0 Å². The average molecular weight is 288 g/mol. The maximum Gasteiger partial charge on any atom is 0.331 e. The lowest BCUT2D eigenvalue weighted by Gasteiger charge is -2.02. The van der Waals surface area contributed by atoms with Gasteiger partial charge in [-0.25, -0.2) is 4.79 Å². The van der Waals surface area contributed by atoms with E-state index in [-0.39, 0.29) is 12.6 Å². The highest BCUT2D eigenvalue weighted by molar-refractivity contribution is 14.1. The average Bonchev–Trinajstić information content (AvgIpc) is 2.10. The maximum absolute atomic E-state index is 10.5. The van der Waals surface area contributed by atoms with Crippen LogP contribution in [0.2, 0.25) is 0 Å². The minimum atomic E-state index is -0.358. The summed E-state index contributed by atoms with van der Waals surface area (Å²) in [5, 5.41) is 0. The van der Waals surface area contributed by atoms with E-state index in [0.717, 1.165) is 11.0 Å². The number of esters is 1. The van der Waals surface area contributed by atoms with Crippen LogP contribution in [0.15, 0.2) is 0 Å². The fourth-order valence-corrected chi connectivity index (χ4v) is 0.800. The van der Waals surface area contributed by atoms with Crippen LogP contribution in [0.3, 0.4) is 0 Å². The second kappa shape index (κ2) is 9.21. The van der Waals surface area contributed by atoms with Gasteiger partial charge in [0, 0.05) is 4.43 Å². The van der Waals surface area contributed by atoms with Gasteiger partial charge in [-0.15, -0.1) is 0 Å². The molecule has 4 nitrogen and oxygen atoms in total. The topological polar surface area (TPSA) is 44.8 Å². The molecule has 0 aliphatic carbocycles. The van der Waals surface area contributed by atoms with Crippen molar-refractivity contribution in [2.45, 2.75) is 0 Å². The molecule has 0 aromatic heterocycles. The van der Waals surface area contributed by atoms with E-state index in [1.165, 1.54) is 7.11 Å². The Labute approximate surface area is 85.7 Å². The molecule has 0 aliphatic heterocycles. The lowest BCUT2D eigenvalue weighted by Crippen LogP contribution is -2.13. The number of carbonyl (C=O) groups is 1. The largest absolute Gasteiger partial charge is 0.467 e. The Morgan fingerprint density at radius 3 is 2.50 bits per heavy atom. The monoisotopic (exact) mass is 288 g/mol. The van der Waals surface area contributed by atoms with Crippen LogP contribution >= 0.6 is 22.6 Å². The Bertz CT molecular complexity index is 118. The molecular weight excluding hydrogens is 275 g/mol. The molecule has 0 saturated carbocycles. The quantitative estimate of drug-likeness (QED) is 0.298. The van der Waals surface area contributed by atoms with E-state index in [9.17, 15) is 4.79 Å². The fourth-order valence-electron chi connectivity index (χ4n) is 0.489. The van der Waals surface area contributed by atoms with Crippen LogP contribution < -0.4 is 0 Å². The summed E-state index contributed by atoms with van der Waals surface area (Å²) in [6, 6.07) is 0. The highest BCUT2D eigenvalue weighted by Crippen LogP contribution is 1.84. The predicted octanol–water partition coefficient (Wildman–Crippen LogP) is 0.628. The molecule has 0 N–H and O–H groups in total. The van der Waals surface area contributed by atoms with E-state index in [0.29, 0.717) is 13.2 Å². The predicted molar refractivity (Wildman–Crippen MR) is 52.5 cm³/mol. The lowest BCUT2D eigenvalue weighted by molar-refractivity contribution is -0.146. The Morgan fingerprint density at radius 1 is 1.25 bits per heavy atom. The zero-order valence-electron chi connectivity index (χ0n) is 7.05. The van der Waals surface area contributed by atoms with Crippen molar-refractivity contribution < 1.29 is 19.0 Å². The SMILES string of the molecule is COC(=O)COCCOCCI. The van der Waals surface area contributed by atoms with E-state index in [1.54, 1.807) is 0 Å². The van der Waals surface area contributed by atoms with E-state index in [4.69, 9.17) is 9.47 Å². The van der Waals surface area contributed by atoms with Gasteiger partial charge in [0.2, 0.25) is 0 Å². The van der Waals surface area contributed by atoms with Crippen LogP contribution in [0.4, 0.5) is 0 Å². The molecule has 0 aromatic rings. The molecule has 5 heteroatoms.